The van der Waals surface area contributed by atoms with Gasteiger partial charge in [-0.25, -0.2) is 23.1 Å². The van der Waals surface area contributed by atoms with E-state index in [-0.39, 0.29) is 17.3 Å². The molecule has 0 atom stereocenters. The number of aromatic nitrogens is 2. The maximum atomic E-state index is 13.5. The summed E-state index contributed by atoms with van der Waals surface area (Å²) in [5.41, 5.74) is 5.76. The number of nitrogens with two attached hydrogens (primary N) is 1. The summed E-state index contributed by atoms with van der Waals surface area (Å²) in [5, 5.41) is 2.52. The quantitative estimate of drug-likeness (QED) is 0.822. The number of anilines is 3. The van der Waals surface area contributed by atoms with E-state index in [1.165, 1.54) is 0 Å². The lowest BCUT2D eigenvalue weighted by molar-refractivity contribution is 0.498. The number of nitrogens with one attached hydrogen (secondary N) is 1. The molecule has 1 heterocycles. The summed E-state index contributed by atoms with van der Waals surface area (Å²) < 4.78 is 39.7. The van der Waals surface area contributed by atoms with Crippen LogP contribution < -0.4 is 11.1 Å². The van der Waals surface area contributed by atoms with Crippen LogP contribution in [-0.4, -0.2) is 9.97 Å². The fourth-order valence-electron chi connectivity index (χ4n) is 1.55. The van der Waals surface area contributed by atoms with Gasteiger partial charge in [-0.1, -0.05) is 0 Å². The van der Waals surface area contributed by atoms with Crippen molar-refractivity contribution in [3.05, 3.63) is 41.0 Å². The molecule has 1 aromatic carbocycles. The highest BCUT2D eigenvalue weighted by atomic mass is 19.2. The lowest BCUT2D eigenvalue weighted by atomic mass is 10.2. The van der Waals surface area contributed by atoms with E-state index in [0.29, 0.717) is 17.5 Å². The summed E-state index contributed by atoms with van der Waals surface area (Å²) in [4.78, 5) is 7.93. The van der Waals surface area contributed by atoms with Crippen molar-refractivity contribution in [3.63, 3.8) is 0 Å². The first-order valence-electron chi connectivity index (χ1n) is 5.40. The predicted octanol–water partition coefficient (Wildman–Crippen LogP) is 2.84. The summed E-state index contributed by atoms with van der Waals surface area (Å²) in [7, 11) is 0. The van der Waals surface area contributed by atoms with E-state index >= 15 is 0 Å². The first kappa shape index (κ1) is 13.1. The number of hydrogen-bond acceptors (Lipinski definition) is 4. The van der Waals surface area contributed by atoms with E-state index in [4.69, 9.17) is 5.73 Å². The summed E-state index contributed by atoms with van der Waals surface area (Å²) in [6, 6.07) is 1.30. The van der Waals surface area contributed by atoms with Gasteiger partial charge < -0.3 is 11.1 Å². The molecule has 2 rings (SSSR count). The van der Waals surface area contributed by atoms with Crippen molar-refractivity contribution in [1.29, 1.82) is 0 Å². The van der Waals surface area contributed by atoms with E-state index in [9.17, 15) is 13.2 Å². The summed E-state index contributed by atoms with van der Waals surface area (Å²) in [6.07, 6.45) is 0. The minimum absolute atomic E-state index is 0.203. The van der Waals surface area contributed by atoms with E-state index in [0.717, 1.165) is 6.07 Å². The maximum absolute atomic E-state index is 13.5. The SMILES string of the molecule is Cc1nc(N)c(C)c(Nc2cc(F)cc(F)c2F)n1. The first-order valence-corrected chi connectivity index (χ1v) is 5.40. The van der Waals surface area contributed by atoms with Gasteiger partial charge in [0.05, 0.1) is 5.69 Å². The number of hydrogen-bond donors (Lipinski definition) is 2. The van der Waals surface area contributed by atoms with E-state index in [1.54, 1.807) is 13.8 Å². The van der Waals surface area contributed by atoms with E-state index in [1.807, 2.05) is 0 Å². The number of aryl methyl sites for hydroxylation is 1. The topological polar surface area (TPSA) is 63.8 Å². The zero-order chi connectivity index (χ0) is 14.2. The second-order valence-electron chi connectivity index (χ2n) is 4.00. The van der Waals surface area contributed by atoms with E-state index in [2.05, 4.69) is 15.3 Å². The molecule has 0 radical (unpaired) electrons. The smallest absolute Gasteiger partial charge is 0.182 e. The summed E-state index contributed by atoms with van der Waals surface area (Å²) >= 11 is 0. The van der Waals surface area contributed by atoms with Crippen molar-refractivity contribution >= 4 is 17.3 Å². The third kappa shape index (κ3) is 2.59. The van der Waals surface area contributed by atoms with Gasteiger partial charge in [0, 0.05) is 17.7 Å². The molecule has 0 aliphatic heterocycles. The molecular formula is C12H11F3N4. The second-order valence-corrected chi connectivity index (χ2v) is 4.00. The molecule has 100 valence electrons. The van der Waals surface area contributed by atoms with Crippen LogP contribution in [0.4, 0.5) is 30.5 Å². The number of nitrogens with zero attached hydrogens (tertiary/aromatic N) is 2. The third-order valence-corrected chi connectivity index (χ3v) is 2.54. The Morgan fingerprint density at radius 1 is 1.11 bits per heavy atom. The molecule has 0 fully saturated rings. The van der Waals surface area contributed by atoms with Crippen LogP contribution in [-0.2, 0) is 0 Å². The predicted molar refractivity (Wildman–Crippen MR) is 65.5 cm³/mol. The molecule has 1 aromatic heterocycles. The molecule has 2 aromatic rings. The normalized spacial score (nSPS) is 10.6. The van der Waals surface area contributed by atoms with Gasteiger partial charge in [0.1, 0.15) is 23.3 Å². The van der Waals surface area contributed by atoms with Crippen molar-refractivity contribution < 1.29 is 13.2 Å². The minimum atomic E-state index is -1.28. The Hall–Kier alpha value is -2.31. The fraction of sp³-hybridized carbons (Fsp3) is 0.167. The molecular weight excluding hydrogens is 257 g/mol. The van der Waals surface area contributed by atoms with Gasteiger partial charge in [0.2, 0.25) is 0 Å². The van der Waals surface area contributed by atoms with Crippen LogP contribution in [0.15, 0.2) is 12.1 Å². The summed E-state index contributed by atoms with van der Waals surface area (Å²) in [6.45, 7) is 3.22. The van der Waals surface area contributed by atoms with Gasteiger partial charge in [0.25, 0.3) is 0 Å². The van der Waals surface area contributed by atoms with Crippen LogP contribution in [0.3, 0.4) is 0 Å². The average molecular weight is 268 g/mol. The highest BCUT2D eigenvalue weighted by molar-refractivity contribution is 5.64. The lowest BCUT2D eigenvalue weighted by Gasteiger charge is -2.11. The highest BCUT2D eigenvalue weighted by Gasteiger charge is 2.14. The molecule has 0 saturated heterocycles. The Morgan fingerprint density at radius 3 is 2.47 bits per heavy atom. The molecule has 0 saturated carbocycles. The van der Waals surface area contributed by atoms with Crippen molar-refractivity contribution in [2.75, 3.05) is 11.1 Å². The van der Waals surface area contributed by atoms with Gasteiger partial charge in [-0.3, -0.25) is 0 Å². The monoisotopic (exact) mass is 268 g/mol. The van der Waals surface area contributed by atoms with Crippen molar-refractivity contribution in [3.8, 4) is 0 Å². The maximum Gasteiger partial charge on any atom is 0.182 e. The molecule has 0 aliphatic carbocycles. The van der Waals surface area contributed by atoms with Crippen LogP contribution >= 0.6 is 0 Å². The molecule has 7 heteroatoms. The van der Waals surface area contributed by atoms with Gasteiger partial charge >= 0.3 is 0 Å². The standard InChI is InChI=1S/C12H11F3N4/c1-5-11(16)17-6(2)18-12(5)19-9-4-7(13)3-8(14)10(9)15/h3-4H,1-2H3,(H3,16,17,18,19). The fourth-order valence-corrected chi connectivity index (χ4v) is 1.55. The Labute approximate surface area is 107 Å². The van der Waals surface area contributed by atoms with Crippen molar-refractivity contribution in [2.24, 2.45) is 0 Å². The Morgan fingerprint density at radius 2 is 1.79 bits per heavy atom. The van der Waals surface area contributed by atoms with Crippen LogP contribution in [0.5, 0.6) is 0 Å². The average Bonchev–Trinajstić information content (AvgIpc) is 2.31. The van der Waals surface area contributed by atoms with E-state index < -0.39 is 17.5 Å². The summed E-state index contributed by atoms with van der Waals surface area (Å²) in [5.74, 6) is -2.57. The Balaban J connectivity index is 2.47. The van der Waals surface area contributed by atoms with Crippen LogP contribution in [0.1, 0.15) is 11.4 Å². The van der Waals surface area contributed by atoms with Crippen molar-refractivity contribution in [2.45, 2.75) is 13.8 Å². The van der Waals surface area contributed by atoms with Crippen LogP contribution in [0, 0.1) is 31.3 Å². The zero-order valence-corrected chi connectivity index (χ0v) is 10.3. The first-order chi connectivity index (χ1) is 8.88. The van der Waals surface area contributed by atoms with Gasteiger partial charge in [-0.15, -0.1) is 0 Å². The molecule has 0 spiro atoms. The lowest BCUT2D eigenvalue weighted by Crippen LogP contribution is -2.06. The largest absolute Gasteiger partial charge is 0.383 e. The Bertz CT molecular complexity index is 588. The van der Waals surface area contributed by atoms with Crippen LogP contribution in [0.25, 0.3) is 0 Å². The van der Waals surface area contributed by atoms with Gasteiger partial charge in [0.15, 0.2) is 11.6 Å². The highest BCUT2D eigenvalue weighted by Crippen LogP contribution is 2.25. The molecule has 0 amide bonds. The zero-order valence-electron chi connectivity index (χ0n) is 10.3. The molecule has 0 aliphatic rings. The molecule has 19 heavy (non-hydrogen) atoms. The van der Waals surface area contributed by atoms with Gasteiger partial charge in [-0.2, -0.15) is 0 Å². The minimum Gasteiger partial charge on any atom is -0.383 e. The molecule has 0 unspecified atom stereocenters. The number of rotatable bonds is 2. The second kappa shape index (κ2) is 4.75. The number of nitrogen functional groups attached to an aromatic ring is 1. The van der Waals surface area contributed by atoms with Crippen LogP contribution in [0.2, 0.25) is 0 Å². The Kier molecular flexibility index (Phi) is 3.28. The number of halogens is 3. The number of benzene rings is 1. The molecule has 4 nitrogen and oxygen atoms in total. The van der Waals surface area contributed by atoms with Crippen molar-refractivity contribution in [1.82, 2.24) is 9.97 Å². The molecule has 3 N–H and O–H groups in total. The van der Waals surface area contributed by atoms with Gasteiger partial charge in [-0.05, 0) is 13.8 Å². The third-order valence-electron chi connectivity index (χ3n) is 2.54. The molecule has 0 bridgehead atoms.